The van der Waals surface area contributed by atoms with Gasteiger partial charge in [-0.15, -0.1) is 0 Å². The van der Waals surface area contributed by atoms with Crippen LogP contribution in [0.4, 0.5) is 0 Å². The maximum absolute atomic E-state index is 10.1. The van der Waals surface area contributed by atoms with Crippen LogP contribution < -0.4 is 9.47 Å². The van der Waals surface area contributed by atoms with Gasteiger partial charge in [-0.05, 0) is 53.1 Å². The SMILES string of the molecule is COc1ccc(C2=NN([C@H](C#N)c3ccc(O)c(OC)c3)[C@H](c3ccccc3)C2)cc1. The van der Waals surface area contributed by atoms with Gasteiger partial charge < -0.3 is 14.6 Å². The molecule has 0 unspecified atom stereocenters. The fourth-order valence-electron chi connectivity index (χ4n) is 3.82. The van der Waals surface area contributed by atoms with E-state index in [1.54, 1.807) is 25.3 Å². The van der Waals surface area contributed by atoms with E-state index in [1.807, 2.05) is 47.5 Å². The smallest absolute Gasteiger partial charge is 0.160 e. The van der Waals surface area contributed by atoms with Crippen molar-refractivity contribution in [2.24, 2.45) is 5.10 Å². The zero-order valence-electron chi connectivity index (χ0n) is 17.4. The Bertz CT molecular complexity index is 1120. The maximum atomic E-state index is 10.1. The van der Waals surface area contributed by atoms with Gasteiger partial charge in [-0.3, -0.25) is 5.01 Å². The van der Waals surface area contributed by atoms with E-state index in [0.717, 1.165) is 22.6 Å². The average molecular weight is 413 g/mol. The highest BCUT2D eigenvalue weighted by molar-refractivity contribution is 6.02. The van der Waals surface area contributed by atoms with Crippen LogP contribution >= 0.6 is 0 Å². The van der Waals surface area contributed by atoms with Crippen LogP contribution in [-0.2, 0) is 0 Å². The van der Waals surface area contributed by atoms with E-state index in [-0.39, 0.29) is 11.8 Å². The summed E-state index contributed by atoms with van der Waals surface area (Å²) in [4.78, 5) is 0. The molecule has 1 N–H and O–H groups in total. The molecular formula is C25H23N3O3. The second-order valence-electron chi connectivity index (χ2n) is 7.25. The van der Waals surface area contributed by atoms with Gasteiger partial charge in [0.2, 0.25) is 0 Å². The van der Waals surface area contributed by atoms with Crippen molar-refractivity contribution in [2.45, 2.75) is 18.5 Å². The minimum atomic E-state index is -0.643. The molecule has 6 nitrogen and oxygen atoms in total. The van der Waals surface area contributed by atoms with Crippen molar-refractivity contribution in [1.82, 2.24) is 5.01 Å². The number of methoxy groups -OCH3 is 2. The number of nitrogens with zero attached hydrogens (tertiary/aromatic N) is 3. The van der Waals surface area contributed by atoms with Crippen LogP contribution in [0, 0.1) is 11.3 Å². The number of ether oxygens (including phenoxy) is 2. The van der Waals surface area contributed by atoms with Gasteiger partial charge in [0.15, 0.2) is 17.5 Å². The van der Waals surface area contributed by atoms with E-state index in [9.17, 15) is 10.4 Å². The summed E-state index contributed by atoms with van der Waals surface area (Å²) in [5.74, 6) is 1.14. The van der Waals surface area contributed by atoms with Gasteiger partial charge in [0.25, 0.3) is 0 Å². The second-order valence-corrected chi connectivity index (χ2v) is 7.25. The number of phenols is 1. The highest BCUT2D eigenvalue weighted by Gasteiger charge is 2.34. The molecule has 6 heteroatoms. The Kier molecular flexibility index (Phi) is 5.76. The largest absolute Gasteiger partial charge is 0.504 e. The first-order valence-electron chi connectivity index (χ1n) is 9.96. The Morgan fingerprint density at radius 2 is 1.77 bits per heavy atom. The third kappa shape index (κ3) is 4.03. The number of phenolic OH excluding ortho intramolecular Hbond substituents is 1. The maximum Gasteiger partial charge on any atom is 0.160 e. The number of nitriles is 1. The lowest BCUT2D eigenvalue weighted by Gasteiger charge is -2.28. The molecule has 0 bridgehead atoms. The first-order chi connectivity index (χ1) is 15.1. The minimum Gasteiger partial charge on any atom is -0.504 e. The summed E-state index contributed by atoms with van der Waals surface area (Å²) in [5, 5.41) is 26.8. The molecule has 31 heavy (non-hydrogen) atoms. The standard InChI is InChI=1S/C25H23N3O3/c1-30-20-11-8-17(9-12-20)21-15-22(18-6-4-3-5-7-18)28(27-21)23(16-26)19-10-13-24(29)25(14-19)31-2/h3-14,22-23,29H,15H2,1-2H3/t22-,23+/m0/s1. The zero-order chi connectivity index (χ0) is 21.8. The van der Waals surface area contributed by atoms with Gasteiger partial charge >= 0.3 is 0 Å². The van der Waals surface area contributed by atoms with Crippen LogP contribution in [0.25, 0.3) is 0 Å². The normalized spacial score (nSPS) is 16.4. The highest BCUT2D eigenvalue weighted by Crippen LogP contribution is 2.40. The highest BCUT2D eigenvalue weighted by atomic mass is 16.5. The molecule has 1 aliphatic rings. The third-order valence-corrected chi connectivity index (χ3v) is 5.46. The summed E-state index contributed by atoms with van der Waals surface area (Å²) in [5.41, 5.74) is 3.69. The molecule has 1 aliphatic heterocycles. The summed E-state index contributed by atoms with van der Waals surface area (Å²) < 4.78 is 10.5. The molecule has 0 amide bonds. The topological polar surface area (TPSA) is 78.1 Å². The Labute approximate surface area is 181 Å². The zero-order valence-corrected chi connectivity index (χ0v) is 17.4. The fraction of sp³-hybridized carbons (Fsp3) is 0.200. The monoisotopic (exact) mass is 413 g/mol. The molecule has 3 aromatic carbocycles. The minimum absolute atomic E-state index is 0.0337. The Balaban J connectivity index is 1.75. The predicted octanol–water partition coefficient (Wildman–Crippen LogP) is 4.83. The molecule has 0 aliphatic carbocycles. The molecule has 0 radical (unpaired) electrons. The lowest BCUT2D eigenvalue weighted by Crippen LogP contribution is -2.24. The molecule has 3 aromatic rings. The van der Waals surface area contributed by atoms with Crippen LogP contribution in [0.2, 0.25) is 0 Å². The summed E-state index contributed by atoms with van der Waals surface area (Å²) in [6.07, 6.45) is 0.670. The van der Waals surface area contributed by atoms with E-state index in [1.165, 1.54) is 7.11 Å². The molecule has 4 rings (SSSR count). The number of benzene rings is 3. The molecule has 0 aromatic heterocycles. The van der Waals surface area contributed by atoms with Crippen molar-refractivity contribution in [2.75, 3.05) is 14.2 Å². The summed E-state index contributed by atoms with van der Waals surface area (Å²) in [6.45, 7) is 0. The number of aromatic hydroxyl groups is 1. The number of hydrogen-bond acceptors (Lipinski definition) is 6. The van der Waals surface area contributed by atoms with Gasteiger partial charge in [0.05, 0.1) is 32.0 Å². The molecule has 0 saturated heterocycles. The lowest BCUT2D eigenvalue weighted by atomic mass is 9.96. The number of hydrazone groups is 1. The molecule has 1 heterocycles. The van der Waals surface area contributed by atoms with Gasteiger partial charge in [-0.25, -0.2) is 0 Å². The van der Waals surface area contributed by atoms with Crippen LogP contribution in [0.5, 0.6) is 17.2 Å². The summed E-state index contributed by atoms with van der Waals surface area (Å²) in [6, 6.07) is 24.4. The van der Waals surface area contributed by atoms with E-state index in [4.69, 9.17) is 14.6 Å². The predicted molar refractivity (Wildman–Crippen MR) is 118 cm³/mol. The van der Waals surface area contributed by atoms with Gasteiger partial charge in [0.1, 0.15) is 5.75 Å². The molecule has 156 valence electrons. The first-order valence-corrected chi connectivity index (χ1v) is 9.96. The third-order valence-electron chi connectivity index (χ3n) is 5.46. The molecule has 0 fully saturated rings. The van der Waals surface area contributed by atoms with Crippen molar-refractivity contribution in [3.05, 3.63) is 89.5 Å². The van der Waals surface area contributed by atoms with Crippen molar-refractivity contribution in [3.8, 4) is 23.3 Å². The Morgan fingerprint density at radius 3 is 2.42 bits per heavy atom. The van der Waals surface area contributed by atoms with Gasteiger partial charge in [-0.2, -0.15) is 10.4 Å². The first kappa shape index (κ1) is 20.3. The fourth-order valence-corrected chi connectivity index (χ4v) is 3.82. The number of hydrogen-bond donors (Lipinski definition) is 1. The molecule has 2 atom stereocenters. The Morgan fingerprint density at radius 1 is 1.03 bits per heavy atom. The van der Waals surface area contributed by atoms with E-state index in [2.05, 4.69) is 18.2 Å². The second kappa shape index (κ2) is 8.80. The quantitative estimate of drug-likeness (QED) is 0.627. The van der Waals surface area contributed by atoms with Gasteiger partial charge in [0, 0.05) is 6.42 Å². The summed E-state index contributed by atoms with van der Waals surface area (Å²) >= 11 is 0. The van der Waals surface area contributed by atoms with Crippen molar-refractivity contribution >= 4 is 5.71 Å². The van der Waals surface area contributed by atoms with E-state index in [0.29, 0.717) is 17.7 Å². The average Bonchev–Trinajstić information content (AvgIpc) is 3.26. The molecule has 0 saturated carbocycles. The van der Waals surface area contributed by atoms with Crippen LogP contribution in [0.15, 0.2) is 77.9 Å². The van der Waals surface area contributed by atoms with Crippen molar-refractivity contribution in [3.63, 3.8) is 0 Å². The number of rotatable bonds is 6. The Hall–Kier alpha value is -3.98. The van der Waals surface area contributed by atoms with Crippen LogP contribution in [0.3, 0.4) is 0 Å². The van der Waals surface area contributed by atoms with E-state index >= 15 is 0 Å². The molecule has 0 spiro atoms. The van der Waals surface area contributed by atoms with E-state index < -0.39 is 6.04 Å². The molecular weight excluding hydrogens is 390 g/mol. The van der Waals surface area contributed by atoms with Crippen molar-refractivity contribution < 1.29 is 14.6 Å². The van der Waals surface area contributed by atoms with Crippen LogP contribution in [0.1, 0.15) is 35.2 Å². The van der Waals surface area contributed by atoms with Crippen molar-refractivity contribution in [1.29, 1.82) is 5.26 Å². The van der Waals surface area contributed by atoms with Gasteiger partial charge in [-0.1, -0.05) is 36.4 Å². The summed E-state index contributed by atoms with van der Waals surface area (Å²) in [7, 11) is 3.13. The lowest BCUT2D eigenvalue weighted by molar-refractivity contribution is 0.196. The van der Waals surface area contributed by atoms with Crippen LogP contribution in [-0.4, -0.2) is 30.0 Å².